The van der Waals surface area contributed by atoms with Gasteiger partial charge in [-0.3, -0.25) is 9.69 Å². The molecule has 0 spiro atoms. The van der Waals surface area contributed by atoms with Gasteiger partial charge in [-0.25, -0.2) is 0 Å². The van der Waals surface area contributed by atoms with Crippen LogP contribution in [-0.2, 0) is 4.79 Å². The molecule has 2 aromatic rings. The summed E-state index contributed by atoms with van der Waals surface area (Å²) in [5.41, 5.74) is 2.86. The first-order valence-electron chi connectivity index (χ1n) is 8.01. The monoisotopic (exact) mass is 328 g/mol. The Morgan fingerprint density at radius 1 is 1.09 bits per heavy atom. The van der Waals surface area contributed by atoms with Gasteiger partial charge in [-0.05, 0) is 56.6 Å². The van der Waals surface area contributed by atoms with Crippen LogP contribution >= 0.6 is 11.6 Å². The first-order valence-corrected chi connectivity index (χ1v) is 8.39. The average molecular weight is 329 g/mol. The molecule has 1 N–H and O–H groups in total. The van der Waals surface area contributed by atoms with Crippen LogP contribution in [0.25, 0.3) is 0 Å². The number of likely N-dealkylation sites (tertiary alicyclic amines) is 1. The van der Waals surface area contributed by atoms with E-state index in [2.05, 4.69) is 10.2 Å². The van der Waals surface area contributed by atoms with Gasteiger partial charge in [0.25, 0.3) is 0 Å². The maximum atomic E-state index is 12.9. The number of aryl methyl sites for hydroxylation is 1. The molecule has 0 bridgehead atoms. The maximum Gasteiger partial charge on any atom is 0.246 e. The van der Waals surface area contributed by atoms with E-state index >= 15 is 0 Å². The Labute approximate surface area is 142 Å². The number of anilines is 1. The van der Waals surface area contributed by atoms with E-state index in [1.807, 2.05) is 55.5 Å². The highest BCUT2D eigenvalue weighted by Crippen LogP contribution is 2.31. The molecule has 3 rings (SSSR count). The Kier molecular flexibility index (Phi) is 4.99. The molecule has 3 nitrogen and oxygen atoms in total. The molecule has 0 radical (unpaired) electrons. The van der Waals surface area contributed by atoms with Gasteiger partial charge in [0.1, 0.15) is 6.04 Å². The van der Waals surface area contributed by atoms with E-state index in [1.54, 1.807) is 0 Å². The zero-order chi connectivity index (χ0) is 16.2. The normalized spacial score (nSPS) is 16.3. The maximum absolute atomic E-state index is 12.9. The number of benzene rings is 2. The molecule has 1 heterocycles. The zero-order valence-electron chi connectivity index (χ0n) is 13.3. The van der Waals surface area contributed by atoms with Crippen molar-refractivity contribution < 1.29 is 4.79 Å². The fourth-order valence-corrected chi connectivity index (χ4v) is 3.29. The van der Waals surface area contributed by atoms with Gasteiger partial charge in [0.15, 0.2) is 0 Å². The van der Waals surface area contributed by atoms with Crippen molar-refractivity contribution in [2.45, 2.75) is 25.8 Å². The van der Waals surface area contributed by atoms with Crippen LogP contribution in [-0.4, -0.2) is 23.9 Å². The number of nitrogens with one attached hydrogen (secondary N) is 1. The Morgan fingerprint density at radius 2 is 1.74 bits per heavy atom. The third-order valence-electron chi connectivity index (χ3n) is 4.27. The molecule has 120 valence electrons. The van der Waals surface area contributed by atoms with Crippen LogP contribution in [0.4, 0.5) is 5.69 Å². The van der Waals surface area contributed by atoms with Crippen molar-refractivity contribution in [2.75, 3.05) is 18.4 Å². The van der Waals surface area contributed by atoms with E-state index in [9.17, 15) is 4.79 Å². The van der Waals surface area contributed by atoms with Gasteiger partial charge in [0, 0.05) is 10.7 Å². The summed E-state index contributed by atoms with van der Waals surface area (Å²) in [6.07, 6.45) is 2.25. The van der Waals surface area contributed by atoms with Gasteiger partial charge in [0.05, 0.1) is 0 Å². The van der Waals surface area contributed by atoms with E-state index in [0.717, 1.165) is 37.2 Å². The van der Waals surface area contributed by atoms with Crippen molar-refractivity contribution in [1.82, 2.24) is 4.90 Å². The molecule has 1 fully saturated rings. The number of hydrogen-bond donors (Lipinski definition) is 1. The lowest BCUT2D eigenvalue weighted by Crippen LogP contribution is -2.35. The Balaban J connectivity index is 1.87. The summed E-state index contributed by atoms with van der Waals surface area (Å²) in [5, 5.41) is 3.67. The largest absolute Gasteiger partial charge is 0.324 e. The summed E-state index contributed by atoms with van der Waals surface area (Å²) in [5.74, 6) is -0.0242. The third-order valence-corrected chi connectivity index (χ3v) is 4.62. The third kappa shape index (κ3) is 3.74. The lowest BCUT2D eigenvalue weighted by molar-refractivity contribution is -0.121. The van der Waals surface area contributed by atoms with Crippen LogP contribution in [0.3, 0.4) is 0 Å². The second-order valence-electron chi connectivity index (χ2n) is 6.02. The molecule has 23 heavy (non-hydrogen) atoms. The van der Waals surface area contributed by atoms with E-state index in [1.165, 1.54) is 5.56 Å². The van der Waals surface area contributed by atoms with Gasteiger partial charge in [-0.2, -0.15) is 0 Å². The molecule has 0 unspecified atom stereocenters. The standard InChI is InChI=1S/C19H21ClN2O/c1-14-8-10-15(11-9-14)21-19(23)18(22-12-4-5-13-22)16-6-2-3-7-17(16)20/h2-3,6-11,18H,4-5,12-13H2,1H3,(H,21,23)/t18-/m1/s1. The zero-order valence-corrected chi connectivity index (χ0v) is 14.0. The van der Waals surface area contributed by atoms with Crippen molar-refractivity contribution in [3.8, 4) is 0 Å². The molecule has 1 saturated heterocycles. The number of hydrogen-bond acceptors (Lipinski definition) is 2. The molecule has 1 aliphatic heterocycles. The summed E-state index contributed by atoms with van der Waals surface area (Å²) >= 11 is 6.36. The predicted octanol–water partition coefficient (Wildman–Crippen LogP) is 4.42. The fraction of sp³-hybridized carbons (Fsp3) is 0.316. The number of amides is 1. The first kappa shape index (κ1) is 16.0. The molecule has 0 saturated carbocycles. The number of nitrogens with zero attached hydrogens (tertiary/aromatic N) is 1. The highest BCUT2D eigenvalue weighted by atomic mass is 35.5. The number of rotatable bonds is 4. The van der Waals surface area contributed by atoms with Crippen molar-refractivity contribution in [1.29, 1.82) is 0 Å². The van der Waals surface area contributed by atoms with Crippen molar-refractivity contribution in [2.24, 2.45) is 0 Å². The van der Waals surface area contributed by atoms with Gasteiger partial charge in [-0.15, -0.1) is 0 Å². The fourth-order valence-electron chi connectivity index (χ4n) is 3.05. The van der Waals surface area contributed by atoms with Crippen LogP contribution in [0.15, 0.2) is 48.5 Å². The highest BCUT2D eigenvalue weighted by molar-refractivity contribution is 6.31. The molecular weight excluding hydrogens is 308 g/mol. The molecular formula is C19H21ClN2O. The molecule has 4 heteroatoms. The van der Waals surface area contributed by atoms with E-state index in [4.69, 9.17) is 11.6 Å². The second kappa shape index (κ2) is 7.16. The van der Waals surface area contributed by atoms with Crippen LogP contribution in [0, 0.1) is 6.92 Å². The molecule has 0 aromatic heterocycles. The van der Waals surface area contributed by atoms with Crippen molar-refractivity contribution >= 4 is 23.2 Å². The smallest absolute Gasteiger partial charge is 0.246 e. The van der Waals surface area contributed by atoms with Crippen LogP contribution in [0.5, 0.6) is 0 Å². The Morgan fingerprint density at radius 3 is 2.39 bits per heavy atom. The number of halogens is 1. The lowest BCUT2D eigenvalue weighted by atomic mass is 10.0. The highest BCUT2D eigenvalue weighted by Gasteiger charge is 2.31. The van der Waals surface area contributed by atoms with E-state index in [0.29, 0.717) is 5.02 Å². The summed E-state index contributed by atoms with van der Waals surface area (Å²) < 4.78 is 0. The number of carbonyl (C=O) groups is 1. The van der Waals surface area contributed by atoms with Gasteiger partial charge in [-0.1, -0.05) is 47.5 Å². The molecule has 1 amide bonds. The summed E-state index contributed by atoms with van der Waals surface area (Å²) in [4.78, 5) is 15.1. The van der Waals surface area contributed by atoms with E-state index in [-0.39, 0.29) is 11.9 Å². The van der Waals surface area contributed by atoms with Crippen LogP contribution < -0.4 is 5.32 Å². The Bertz CT molecular complexity index is 678. The SMILES string of the molecule is Cc1ccc(NC(=O)[C@@H](c2ccccc2Cl)N2CCCC2)cc1. The topological polar surface area (TPSA) is 32.3 Å². The van der Waals surface area contributed by atoms with Gasteiger partial charge < -0.3 is 5.32 Å². The first-order chi connectivity index (χ1) is 11.1. The molecule has 2 aromatic carbocycles. The lowest BCUT2D eigenvalue weighted by Gasteiger charge is -2.27. The molecule has 1 atom stereocenters. The van der Waals surface area contributed by atoms with Gasteiger partial charge in [0.2, 0.25) is 5.91 Å². The van der Waals surface area contributed by atoms with Gasteiger partial charge >= 0.3 is 0 Å². The quantitative estimate of drug-likeness (QED) is 0.900. The van der Waals surface area contributed by atoms with Crippen LogP contribution in [0.2, 0.25) is 5.02 Å². The minimum absolute atomic E-state index is 0.0242. The summed E-state index contributed by atoms with van der Waals surface area (Å²) in [6.45, 7) is 3.89. The van der Waals surface area contributed by atoms with E-state index < -0.39 is 0 Å². The minimum Gasteiger partial charge on any atom is -0.324 e. The molecule has 0 aliphatic carbocycles. The summed E-state index contributed by atoms with van der Waals surface area (Å²) in [6, 6.07) is 15.1. The number of carbonyl (C=O) groups excluding carboxylic acids is 1. The van der Waals surface area contributed by atoms with Crippen molar-refractivity contribution in [3.63, 3.8) is 0 Å². The Hall–Kier alpha value is -1.84. The van der Waals surface area contributed by atoms with Crippen molar-refractivity contribution in [3.05, 3.63) is 64.7 Å². The van der Waals surface area contributed by atoms with Crippen LogP contribution in [0.1, 0.15) is 30.0 Å². The predicted molar refractivity (Wildman–Crippen MR) is 94.8 cm³/mol. The molecule has 1 aliphatic rings. The second-order valence-corrected chi connectivity index (χ2v) is 6.43. The average Bonchev–Trinajstić information content (AvgIpc) is 3.06. The summed E-state index contributed by atoms with van der Waals surface area (Å²) in [7, 11) is 0. The minimum atomic E-state index is -0.340.